The van der Waals surface area contributed by atoms with E-state index in [0.717, 1.165) is 58.2 Å². The van der Waals surface area contributed by atoms with Crippen LogP contribution in [0.1, 0.15) is 29.7 Å². The molecule has 3 aromatic rings. The monoisotopic (exact) mass is 493 g/mol. The molecule has 4 rings (SSSR count). The van der Waals surface area contributed by atoms with E-state index in [2.05, 4.69) is 27.3 Å². The van der Waals surface area contributed by atoms with Crippen LogP contribution in [0.2, 0.25) is 0 Å². The predicted octanol–water partition coefficient (Wildman–Crippen LogP) is 5.70. The van der Waals surface area contributed by atoms with Gasteiger partial charge in [0, 0.05) is 21.4 Å². The maximum absolute atomic E-state index is 12.5. The molecule has 0 saturated heterocycles. The van der Waals surface area contributed by atoms with Crippen LogP contribution >= 0.6 is 27.7 Å². The molecule has 0 aliphatic heterocycles. The van der Waals surface area contributed by atoms with E-state index in [9.17, 15) is 15.2 Å². The van der Waals surface area contributed by atoms with Crippen molar-refractivity contribution in [3.8, 4) is 22.9 Å². The van der Waals surface area contributed by atoms with Crippen LogP contribution in [0.25, 0.3) is 11.1 Å². The average molecular weight is 494 g/mol. The van der Waals surface area contributed by atoms with Crippen LogP contribution in [0.5, 0.6) is 5.75 Å². The van der Waals surface area contributed by atoms with E-state index < -0.39 is 0 Å². The lowest BCUT2D eigenvalue weighted by molar-refractivity contribution is -0.113. The summed E-state index contributed by atoms with van der Waals surface area (Å²) in [7, 11) is 0. The van der Waals surface area contributed by atoms with Gasteiger partial charge in [0.2, 0.25) is 5.91 Å². The summed E-state index contributed by atoms with van der Waals surface area (Å²) in [4.78, 5) is 17.3. The molecule has 5 nitrogen and oxygen atoms in total. The minimum Gasteiger partial charge on any atom is -0.508 e. The molecule has 2 N–H and O–H groups in total. The van der Waals surface area contributed by atoms with Crippen molar-refractivity contribution in [2.45, 2.75) is 30.7 Å². The quantitative estimate of drug-likeness (QED) is 0.445. The highest BCUT2D eigenvalue weighted by molar-refractivity contribution is 9.10. The Kier molecular flexibility index (Phi) is 6.59. The summed E-state index contributed by atoms with van der Waals surface area (Å²) >= 11 is 4.66. The first kappa shape index (κ1) is 21.4. The third kappa shape index (κ3) is 4.92. The summed E-state index contributed by atoms with van der Waals surface area (Å²) in [6.07, 6.45) is 3.87. The molecule has 1 heterocycles. The number of rotatable bonds is 5. The molecule has 1 amide bonds. The van der Waals surface area contributed by atoms with Gasteiger partial charge in [-0.3, -0.25) is 4.79 Å². The number of aryl methyl sites for hydroxylation is 1. The lowest BCUT2D eigenvalue weighted by Gasteiger charge is -2.22. The van der Waals surface area contributed by atoms with E-state index in [1.54, 1.807) is 12.1 Å². The number of carbonyl (C=O) groups excluding carboxylic acids is 1. The number of nitrogens with one attached hydrogen (secondary N) is 1. The second kappa shape index (κ2) is 9.54. The number of phenols is 1. The molecule has 0 spiro atoms. The second-order valence-corrected chi connectivity index (χ2v) is 9.18. The van der Waals surface area contributed by atoms with E-state index in [4.69, 9.17) is 4.98 Å². The molecular formula is C24H20BrN3O2S. The van der Waals surface area contributed by atoms with E-state index in [1.165, 1.54) is 11.8 Å². The van der Waals surface area contributed by atoms with E-state index in [1.807, 2.05) is 36.4 Å². The Hall–Kier alpha value is -2.82. The van der Waals surface area contributed by atoms with Crippen LogP contribution < -0.4 is 5.32 Å². The normalized spacial score (nSPS) is 12.6. The van der Waals surface area contributed by atoms with E-state index in [-0.39, 0.29) is 17.4 Å². The fourth-order valence-corrected chi connectivity index (χ4v) is 4.81. The van der Waals surface area contributed by atoms with Gasteiger partial charge in [-0.1, -0.05) is 39.8 Å². The van der Waals surface area contributed by atoms with Gasteiger partial charge < -0.3 is 10.4 Å². The van der Waals surface area contributed by atoms with Crippen molar-refractivity contribution in [2.24, 2.45) is 0 Å². The molecule has 31 heavy (non-hydrogen) atoms. The van der Waals surface area contributed by atoms with Crippen LogP contribution in [-0.2, 0) is 17.6 Å². The summed E-state index contributed by atoms with van der Waals surface area (Å²) in [5.74, 6) is 0.192. The molecule has 7 heteroatoms. The number of hydrogen-bond acceptors (Lipinski definition) is 5. The van der Waals surface area contributed by atoms with E-state index >= 15 is 0 Å². The number of nitriles is 1. The number of thioether (sulfide) groups is 1. The Morgan fingerprint density at radius 3 is 2.55 bits per heavy atom. The Balaban J connectivity index is 1.63. The van der Waals surface area contributed by atoms with E-state index in [0.29, 0.717) is 10.6 Å². The number of aromatic hydroxyl groups is 1. The smallest absolute Gasteiger partial charge is 0.234 e. The van der Waals surface area contributed by atoms with Gasteiger partial charge in [-0.15, -0.1) is 0 Å². The number of phenolic OH excluding ortho intramolecular Hbond substituents is 1. The lowest BCUT2D eigenvalue weighted by atomic mass is 9.87. The van der Waals surface area contributed by atoms with Crippen molar-refractivity contribution in [3.63, 3.8) is 0 Å². The molecule has 0 radical (unpaired) electrons. The number of pyridine rings is 1. The number of nitrogens with zero attached hydrogens (tertiary/aromatic N) is 2. The van der Waals surface area contributed by atoms with Crippen LogP contribution in [0.4, 0.5) is 5.69 Å². The summed E-state index contributed by atoms with van der Waals surface area (Å²) in [5.41, 5.74) is 5.09. The summed E-state index contributed by atoms with van der Waals surface area (Å²) < 4.78 is 0.943. The molecular weight excluding hydrogens is 474 g/mol. The first-order valence-corrected chi connectivity index (χ1v) is 11.8. The maximum Gasteiger partial charge on any atom is 0.234 e. The van der Waals surface area contributed by atoms with Crippen LogP contribution in [-0.4, -0.2) is 21.8 Å². The lowest BCUT2D eigenvalue weighted by Crippen LogP contribution is -2.15. The molecule has 2 aromatic carbocycles. The van der Waals surface area contributed by atoms with Gasteiger partial charge in [0.25, 0.3) is 0 Å². The number of hydrogen-bond donors (Lipinski definition) is 2. The number of halogens is 1. The maximum atomic E-state index is 12.5. The van der Waals surface area contributed by atoms with Gasteiger partial charge in [0.05, 0.1) is 11.3 Å². The Morgan fingerprint density at radius 1 is 1.13 bits per heavy atom. The molecule has 0 unspecified atom stereocenters. The number of aromatic nitrogens is 1. The minimum absolute atomic E-state index is 0.151. The standard InChI is InChI=1S/C24H20BrN3O2S/c25-16-7-9-17(10-8-16)27-22(30)14-31-24-20(13-26)23(15-5-11-18(29)12-6-15)19-3-1-2-4-21(19)28-24/h5-12,29H,1-4,14H2,(H,27,30). The Labute approximate surface area is 193 Å². The summed E-state index contributed by atoms with van der Waals surface area (Å²) in [6, 6.07) is 16.6. The van der Waals surface area contributed by atoms with Gasteiger partial charge in [-0.05, 0) is 73.2 Å². The van der Waals surface area contributed by atoms with Gasteiger partial charge in [-0.2, -0.15) is 5.26 Å². The third-order valence-corrected chi connectivity index (χ3v) is 6.68. The largest absolute Gasteiger partial charge is 0.508 e. The van der Waals surface area contributed by atoms with Gasteiger partial charge in [0.15, 0.2) is 0 Å². The summed E-state index contributed by atoms with van der Waals surface area (Å²) in [5, 5.41) is 23.1. The molecule has 1 aliphatic rings. The number of benzene rings is 2. The van der Waals surface area contributed by atoms with Crippen molar-refractivity contribution in [1.29, 1.82) is 5.26 Å². The Morgan fingerprint density at radius 2 is 1.84 bits per heavy atom. The van der Waals surface area contributed by atoms with Crippen LogP contribution in [0.3, 0.4) is 0 Å². The third-order valence-electron chi connectivity index (χ3n) is 5.18. The molecule has 156 valence electrons. The first-order chi connectivity index (χ1) is 15.0. The van der Waals surface area contributed by atoms with Crippen molar-refractivity contribution >= 4 is 39.3 Å². The summed E-state index contributed by atoms with van der Waals surface area (Å²) in [6.45, 7) is 0. The molecule has 0 saturated carbocycles. The highest BCUT2D eigenvalue weighted by Crippen LogP contribution is 2.38. The number of fused-ring (bicyclic) bond motifs is 1. The average Bonchev–Trinajstić information content (AvgIpc) is 2.79. The predicted molar refractivity (Wildman–Crippen MR) is 126 cm³/mol. The fraction of sp³-hybridized carbons (Fsp3) is 0.208. The molecule has 0 atom stereocenters. The van der Waals surface area contributed by atoms with Gasteiger partial charge in [0.1, 0.15) is 16.8 Å². The van der Waals surface area contributed by atoms with Gasteiger partial charge >= 0.3 is 0 Å². The zero-order valence-electron chi connectivity index (χ0n) is 16.7. The Bertz CT molecular complexity index is 1160. The highest BCUT2D eigenvalue weighted by atomic mass is 79.9. The van der Waals surface area contributed by atoms with Crippen LogP contribution in [0.15, 0.2) is 58.0 Å². The number of amides is 1. The van der Waals surface area contributed by atoms with Crippen LogP contribution in [0, 0.1) is 11.3 Å². The minimum atomic E-state index is -0.151. The van der Waals surface area contributed by atoms with Gasteiger partial charge in [-0.25, -0.2) is 4.98 Å². The fourth-order valence-electron chi connectivity index (χ4n) is 3.74. The number of anilines is 1. The molecule has 0 bridgehead atoms. The van der Waals surface area contributed by atoms with Crippen molar-refractivity contribution < 1.29 is 9.90 Å². The molecule has 0 fully saturated rings. The van der Waals surface area contributed by atoms with Crippen molar-refractivity contribution in [3.05, 3.63) is 69.8 Å². The number of carbonyl (C=O) groups is 1. The first-order valence-electron chi connectivity index (χ1n) is 9.98. The zero-order chi connectivity index (χ0) is 21.8. The highest BCUT2D eigenvalue weighted by Gasteiger charge is 2.23. The molecule has 1 aliphatic carbocycles. The second-order valence-electron chi connectivity index (χ2n) is 7.30. The topological polar surface area (TPSA) is 86.0 Å². The van der Waals surface area contributed by atoms with Crippen molar-refractivity contribution in [1.82, 2.24) is 4.98 Å². The zero-order valence-corrected chi connectivity index (χ0v) is 19.1. The van der Waals surface area contributed by atoms with Crippen molar-refractivity contribution in [2.75, 3.05) is 11.1 Å². The molecule has 1 aromatic heterocycles. The SMILES string of the molecule is N#Cc1c(SCC(=O)Nc2ccc(Br)cc2)nc2c(c1-c1ccc(O)cc1)CCCC2.